The second kappa shape index (κ2) is 21.6. The number of imidazole rings is 2. The third kappa shape index (κ3) is 11.5. The molecule has 2 fully saturated rings. The fraction of sp³-hybridized carbons (Fsp3) is 0.294. The van der Waals surface area contributed by atoms with Crippen LogP contribution in [0.2, 0.25) is 0 Å². The summed E-state index contributed by atoms with van der Waals surface area (Å²) in [4.78, 5) is 0. The third-order valence-electron chi connectivity index (χ3n) is 7.29. The standard InChI is InChI=1S/2C17H19IN2.Fe.2HI/c2*18-11-5-6-12-19-14-20(13-15-7-1-2-8-15)17-10-4-3-9-16(17)19;;;/h2*1-4,7-10,14H,5-6,11-13H2;;2*1H/q2*+1;+2;;/p-2. The van der Waals surface area contributed by atoms with Gasteiger partial charge in [0.1, 0.15) is 0 Å². The zero-order valence-corrected chi connectivity index (χ0v) is 33.9. The minimum absolute atomic E-state index is 0. The molecule has 0 N–H and O–H groups in total. The minimum atomic E-state index is 0. The summed E-state index contributed by atoms with van der Waals surface area (Å²) in [5.74, 6) is 2.73. The van der Waals surface area contributed by atoms with Gasteiger partial charge < -0.3 is 48.0 Å². The van der Waals surface area contributed by atoms with Gasteiger partial charge in [-0.1, -0.05) is 69.4 Å². The van der Waals surface area contributed by atoms with Gasteiger partial charge in [-0.25, -0.2) is 18.3 Å². The molecular formula is C34H38FeI4N4+2. The molecule has 0 aliphatic heterocycles. The van der Waals surface area contributed by atoms with E-state index in [1.54, 1.807) is 0 Å². The second-order valence-corrected chi connectivity index (χ2v) is 12.4. The number of benzene rings is 2. The van der Waals surface area contributed by atoms with Crippen molar-refractivity contribution in [1.29, 1.82) is 0 Å². The third-order valence-corrected chi connectivity index (χ3v) is 8.82. The van der Waals surface area contributed by atoms with E-state index in [1.165, 1.54) is 68.4 Å². The second-order valence-electron chi connectivity index (χ2n) is 10.2. The van der Waals surface area contributed by atoms with Crippen LogP contribution in [-0.4, -0.2) is 18.0 Å². The van der Waals surface area contributed by atoms with Gasteiger partial charge in [-0.05, 0) is 110 Å². The predicted octanol–water partition coefficient (Wildman–Crippen LogP) is 1.10. The summed E-state index contributed by atoms with van der Waals surface area (Å²) < 4.78 is 12.0. The van der Waals surface area contributed by atoms with Crippen molar-refractivity contribution in [3.05, 3.63) is 124 Å². The van der Waals surface area contributed by atoms with Crippen molar-refractivity contribution >= 4 is 67.2 Å². The Bertz CT molecular complexity index is 1230. The molecule has 10 radical (unpaired) electrons. The Kier molecular flexibility index (Phi) is 20.1. The Balaban J connectivity index is 0.000000281. The fourth-order valence-corrected chi connectivity index (χ4v) is 6.36. The van der Waals surface area contributed by atoms with E-state index in [9.17, 15) is 0 Å². The molecule has 2 aromatic heterocycles. The van der Waals surface area contributed by atoms with Gasteiger partial charge >= 0.3 is 17.1 Å². The molecule has 4 aromatic rings. The summed E-state index contributed by atoms with van der Waals surface area (Å²) in [6, 6.07) is 17.4. The monoisotopic (exact) mass is 1070 g/mol. The number of fused-ring (bicyclic) bond motifs is 2. The Labute approximate surface area is 331 Å². The first-order chi connectivity index (χ1) is 19.8. The summed E-state index contributed by atoms with van der Waals surface area (Å²) in [7, 11) is 0. The Morgan fingerprint density at radius 3 is 1.28 bits per heavy atom. The van der Waals surface area contributed by atoms with E-state index in [0.717, 1.165) is 26.2 Å². The van der Waals surface area contributed by atoms with Gasteiger partial charge in [-0.15, -0.1) is 0 Å². The van der Waals surface area contributed by atoms with Crippen LogP contribution in [0.25, 0.3) is 22.1 Å². The molecule has 2 saturated carbocycles. The average molecular weight is 1070 g/mol. The maximum atomic E-state index is 2.45. The molecule has 2 aliphatic rings. The molecule has 0 amide bonds. The number of para-hydroxylation sites is 4. The Morgan fingerprint density at radius 2 is 0.907 bits per heavy atom. The van der Waals surface area contributed by atoms with Gasteiger partial charge in [0.05, 0.1) is 26.2 Å². The molecule has 9 heteroatoms. The van der Waals surface area contributed by atoms with Gasteiger partial charge in [-0.2, -0.15) is 0 Å². The number of alkyl halides is 2. The van der Waals surface area contributed by atoms with Gasteiger partial charge in [0.25, 0.3) is 0 Å². The largest absolute Gasteiger partial charge is 2.00 e. The van der Waals surface area contributed by atoms with Crippen LogP contribution in [0, 0.1) is 63.2 Å². The van der Waals surface area contributed by atoms with Crippen LogP contribution in [0.4, 0.5) is 0 Å². The first kappa shape index (κ1) is 40.0. The average Bonchev–Trinajstić information content (AvgIpc) is 3.80. The smallest absolute Gasteiger partial charge is 1.00 e. The van der Waals surface area contributed by atoms with E-state index in [1.807, 2.05) is 0 Å². The number of halogens is 4. The molecular weight excluding hydrogens is 1030 g/mol. The van der Waals surface area contributed by atoms with Crippen molar-refractivity contribution < 1.29 is 74.2 Å². The van der Waals surface area contributed by atoms with Crippen molar-refractivity contribution in [2.24, 2.45) is 0 Å². The van der Waals surface area contributed by atoms with Crippen molar-refractivity contribution in [1.82, 2.24) is 9.13 Å². The van der Waals surface area contributed by atoms with E-state index < -0.39 is 0 Å². The van der Waals surface area contributed by atoms with Crippen LogP contribution in [0.5, 0.6) is 0 Å². The van der Waals surface area contributed by atoms with Gasteiger partial charge in [0, 0.05) is 11.8 Å². The van der Waals surface area contributed by atoms with Crippen molar-refractivity contribution in [3.8, 4) is 0 Å². The number of unbranched alkanes of at least 4 members (excludes halogenated alkanes) is 2. The van der Waals surface area contributed by atoms with Crippen LogP contribution in [0.3, 0.4) is 0 Å². The molecule has 4 nitrogen and oxygen atoms in total. The molecule has 0 atom stereocenters. The predicted molar refractivity (Wildman–Crippen MR) is 181 cm³/mol. The van der Waals surface area contributed by atoms with E-state index in [4.69, 9.17) is 0 Å². The summed E-state index contributed by atoms with van der Waals surface area (Å²) >= 11 is 4.91. The molecule has 2 aliphatic carbocycles. The number of hydrogen-bond donors (Lipinski definition) is 0. The number of hydrogen-bond acceptors (Lipinski definition) is 0. The number of nitrogens with zero attached hydrogens (tertiary/aromatic N) is 4. The van der Waals surface area contributed by atoms with E-state index in [2.05, 4.69) is 176 Å². The first-order valence-corrected chi connectivity index (χ1v) is 17.3. The molecule has 0 saturated heterocycles. The molecule has 6 rings (SSSR count). The van der Waals surface area contributed by atoms with E-state index >= 15 is 0 Å². The molecule has 0 unspecified atom stereocenters. The summed E-state index contributed by atoms with van der Waals surface area (Å²) in [5.41, 5.74) is 5.33. The molecule has 228 valence electrons. The Hall–Kier alpha value is 0.819. The first-order valence-electron chi connectivity index (χ1n) is 14.2. The quantitative estimate of drug-likeness (QED) is 0.0667. The topological polar surface area (TPSA) is 17.6 Å². The summed E-state index contributed by atoms with van der Waals surface area (Å²) in [5, 5.41) is 0. The zero-order chi connectivity index (χ0) is 27.6. The number of aryl methyl sites for hydroxylation is 2. The van der Waals surface area contributed by atoms with Crippen LogP contribution < -0.4 is 57.1 Å². The van der Waals surface area contributed by atoms with Gasteiger partial charge in [0.2, 0.25) is 12.7 Å². The normalized spacial score (nSPS) is 15.1. The van der Waals surface area contributed by atoms with Crippen LogP contribution in [0.1, 0.15) is 25.7 Å². The molecule has 0 spiro atoms. The summed E-state index contributed by atoms with van der Waals surface area (Å²) in [6.07, 6.45) is 26.8. The van der Waals surface area contributed by atoms with E-state index in [0.29, 0.717) is 0 Å². The van der Waals surface area contributed by atoms with E-state index in [-0.39, 0.29) is 65.0 Å². The molecule has 2 heterocycles. The number of aromatic nitrogens is 4. The van der Waals surface area contributed by atoms with Crippen LogP contribution in [0.15, 0.2) is 61.2 Å². The van der Waals surface area contributed by atoms with Crippen molar-refractivity contribution in [2.75, 3.05) is 8.86 Å². The minimum Gasteiger partial charge on any atom is -1.00 e. The fourth-order valence-electron chi connectivity index (χ4n) is 5.28. The number of rotatable bonds is 12. The van der Waals surface area contributed by atoms with Crippen LogP contribution >= 0.6 is 45.2 Å². The SMILES string of the molecule is ICCCCn1c[n+](C[C]2[CH][CH][CH][CH]2)c2ccccc21.ICCCCn1c[n+](C[C]2[CH][CH][CH][CH]2)c2ccccc21.[Fe+2].[I-].[I-]. The maximum Gasteiger partial charge on any atom is 2.00 e. The van der Waals surface area contributed by atoms with Gasteiger partial charge in [0.15, 0.2) is 22.1 Å². The van der Waals surface area contributed by atoms with Crippen molar-refractivity contribution in [3.63, 3.8) is 0 Å². The molecule has 2 aromatic carbocycles. The maximum absolute atomic E-state index is 2.45. The van der Waals surface area contributed by atoms with Crippen molar-refractivity contribution in [2.45, 2.75) is 51.9 Å². The summed E-state index contributed by atoms with van der Waals surface area (Å²) in [6.45, 7) is 4.12. The van der Waals surface area contributed by atoms with Gasteiger partial charge in [-0.3, -0.25) is 0 Å². The Morgan fingerprint density at radius 1 is 0.535 bits per heavy atom. The molecule has 0 bridgehead atoms. The van der Waals surface area contributed by atoms with Crippen LogP contribution in [-0.2, 0) is 43.2 Å². The molecule has 43 heavy (non-hydrogen) atoms. The zero-order valence-electron chi connectivity index (χ0n) is 24.1.